The lowest BCUT2D eigenvalue weighted by Gasteiger charge is -2.25. The van der Waals surface area contributed by atoms with Crippen LogP contribution in [0.5, 0.6) is 5.75 Å². The van der Waals surface area contributed by atoms with Crippen molar-refractivity contribution in [2.75, 3.05) is 20.2 Å². The van der Waals surface area contributed by atoms with Crippen molar-refractivity contribution in [2.45, 2.75) is 37.5 Å². The molecule has 1 fully saturated rings. The van der Waals surface area contributed by atoms with Crippen molar-refractivity contribution >= 4 is 21.6 Å². The zero-order chi connectivity index (χ0) is 21.6. The molecule has 2 aromatic rings. The first-order valence-corrected chi connectivity index (χ1v) is 11.4. The number of hydrazone groups is 1. The van der Waals surface area contributed by atoms with E-state index in [9.17, 15) is 13.2 Å². The van der Waals surface area contributed by atoms with E-state index in [1.54, 1.807) is 19.2 Å². The molecule has 7 nitrogen and oxygen atoms in total. The van der Waals surface area contributed by atoms with E-state index >= 15 is 0 Å². The number of methoxy groups -OCH3 is 1. The second-order valence-corrected chi connectivity index (χ2v) is 9.24. The van der Waals surface area contributed by atoms with E-state index < -0.39 is 15.9 Å². The van der Waals surface area contributed by atoms with Crippen LogP contribution in [-0.2, 0) is 16.4 Å². The number of hydrogen-bond donors (Lipinski definition) is 1. The molecule has 0 aromatic heterocycles. The smallest absolute Gasteiger partial charge is 0.271 e. The molecular weight excluding hydrogens is 402 g/mol. The van der Waals surface area contributed by atoms with E-state index in [1.807, 2.05) is 31.2 Å². The molecule has 1 aliphatic heterocycles. The van der Waals surface area contributed by atoms with Gasteiger partial charge in [-0.15, -0.1) is 0 Å². The summed E-state index contributed by atoms with van der Waals surface area (Å²) in [7, 11) is -1.97. The second kappa shape index (κ2) is 9.86. The van der Waals surface area contributed by atoms with Gasteiger partial charge in [0.1, 0.15) is 5.75 Å². The lowest BCUT2D eigenvalue weighted by atomic mass is 10.1. The zero-order valence-corrected chi connectivity index (χ0v) is 18.1. The highest BCUT2D eigenvalue weighted by Gasteiger charge is 2.26. The SMILES string of the molecule is COc1ccc(C/C(C)=N\NC(=O)c2cccc(S(=O)(=O)N3CCCCC3)c2)cc1. The van der Waals surface area contributed by atoms with E-state index in [0.29, 0.717) is 19.5 Å². The molecule has 0 aliphatic carbocycles. The number of sulfonamides is 1. The molecule has 1 amide bonds. The summed E-state index contributed by atoms with van der Waals surface area (Å²) in [6.45, 7) is 2.86. The molecule has 1 heterocycles. The van der Waals surface area contributed by atoms with Crippen molar-refractivity contribution in [3.05, 3.63) is 59.7 Å². The van der Waals surface area contributed by atoms with Gasteiger partial charge >= 0.3 is 0 Å². The fourth-order valence-electron chi connectivity index (χ4n) is 3.34. The molecule has 3 rings (SSSR count). The van der Waals surface area contributed by atoms with Crippen molar-refractivity contribution in [1.29, 1.82) is 0 Å². The number of rotatable bonds is 7. The van der Waals surface area contributed by atoms with Crippen LogP contribution in [0.25, 0.3) is 0 Å². The Bertz CT molecular complexity index is 1010. The summed E-state index contributed by atoms with van der Waals surface area (Å²) in [6.07, 6.45) is 3.35. The maximum atomic E-state index is 12.8. The summed E-state index contributed by atoms with van der Waals surface area (Å²) in [6, 6.07) is 13.7. The summed E-state index contributed by atoms with van der Waals surface area (Å²) in [4.78, 5) is 12.6. The number of carbonyl (C=O) groups is 1. The first kappa shape index (κ1) is 22.0. The third kappa shape index (κ3) is 5.46. The highest BCUT2D eigenvalue weighted by molar-refractivity contribution is 7.89. The first-order valence-electron chi connectivity index (χ1n) is 9.97. The Morgan fingerprint density at radius 2 is 1.80 bits per heavy atom. The van der Waals surface area contributed by atoms with Crippen molar-refractivity contribution < 1.29 is 17.9 Å². The van der Waals surface area contributed by atoms with Crippen LogP contribution in [-0.4, -0.2) is 44.5 Å². The largest absolute Gasteiger partial charge is 0.497 e. The maximum Gasteiger partial charge on any atom is 0.271 e. The van der Waals surface area contributed by atoms with Gasteiger partial charge in [-0.1, -0.05) is 24.6 Å². The number of piperidine rings is 1. The molecule has 1 saturated heterocycles. The van der Waals surface area contributed by atoms with Crippen LogP contribution in [0.15, 0.2) is 58.5 Å². The minimum Gasteiger partial charge on any atom is -0.497 e. The Morgan fingerprint density at radius 3 is 2.47 bits per heavy atom. The quantitative estimate of drug-likeness (QED) is 0.541. The van der Waals surface area contributed by atoms with Gasteiger partial charge in [-0.25, -0.2) is 13.8 Å². The second-order valence-electron chi connectivity index (χ2n) is 7.31. The van der Waals surface area contributed by atoms with Gasteiger partial charge < -0.3 is 4.74 Å². The Morgan fingerprint density at radius 1 is 1.10 bits per heavy atom. The number of amides is 1. The highest BCUT2D eigenvalue weighted by atomic mass is 32.2. The number of ether oxygens (including phenoxy) is 1. The Balaban J connectivity index is 1.66. The summed E-state index contributed by atoms with van der Waals surface area (Å²) in [5, 5.41) is 4.15. The standard InChI is InChI=1S/C22H27N3O4S/c1-17(15-18-9-11-20(29-2)12-10-18)23-24-22(26)19-7-6-8-21(16-19)30(27,28)25-13-4-3-5-14-25/h6-12,16H,3-5,13-15H2,1-2H3,(H,24,26)/b23-17-. The van der Waals surface area contributed by atoms with Crippen LogP contribution in [0.3, 0.4) is 0 Å². The minimum absolute atomic E-state index is 0.135. The van der Waals surface area contributed by atoms with Gasteiger partial charge in [-0.3, -0.25) is 4.79 Å². The van der Waals surface area contributed by atoms with E-state index in [4.69, 9.17) is 4.74 Å². The molecule has 1 aliphatic rings. The van der Waals surface area contributed by atoms with Crippen LogP contribution < -0.4 is 10.2 Å². The fourth-order valence-corrected chi connectivity index (χ4v) is 4.90. The first-order chi connectivity index (χ1) is 14.4. The number of benzene rings is 2. The van der Waals surface area contributed by atoms with Crippen molar-refractivity contribution in [3.8, 4) is 5.75 Å². The maximum absolute atomic E-state index is 12.8. The summed E-state index contributed by atoms with van der Waals surface area (Å²) in [5.41, 5.74) is 4.54. The number of hydrogen-bond acceptors (Lipinski definition) is 5. The molecule has 2 aromatic carbocycles. The summed E-state index contributed by atoms with van der Waals surface area (Å²) >= 11 is 0. The van der Waals surface area contributed by atoms with Gasteiger partial charge in [0, 0.05) is 30.8 Å². The monoisotopic (exact) mass is 429 g/mol. The van der Waals surface area contributed by atoms with Crippen LogP contribution in [0.2, 0.25) is 0 Å². The predicted octanol–water partition coefficient (Wildman–Crippen LogP) is 3.22. The van der Waals surface area contributed by atoms with Gasteiger partial charge in [-0.2, -0.15) is 9.41 Å². The lowest BCUT2D eigenvalue weighted by Crippen LogP contribution is -2.35. The van der Waals surface area contributed by atoms with E-state index in [1.165, 1.54) is 16.4 Å². The fraction of sp³-hybridized carbons (Fsp3) is 0.364. The van der Waals surface area contributed by atoms with Gasteiger partial charge in [0.05, 0.1) is 12.0 Å². The van der Waals surface area contributed by atoms with E-state index in [2.05, 4.69) is 10.5 Å². The van der Waals surface area contributed by atoms with Gasteiger partial charge in [0.15, 0.2) is 0 Å². The molecule has 0 radical (unpaired) electrons. The average molecular weight is 430 g/mol. The Labute approximate surface area is 177 Å². The Hall–Kier alpha value is -2.71. The van der Waals surface area contributed by atoms with Crippen LogP contribution in [0.4, 0.5) is 0 Å². The van der Waals surface area contributed by atoms with Crippen molar-refractivity contribution in [3.63, 3.8) is 0 Å². The van der Waals surface area contributed by atoms with Gasteiger partial charge in [0.2, 0.25) is 10.0 Å². The van der Waals surface area contributed by atoms with E-state index in [-0.39, 0.29) is 10.5 Å². The molecule has 0 unspecified atom stereocenters. The lowest BCUT2D eigenvalue weighted by molar-refractivity contribution is 0.0954. The highest BCUT2D eigenvalue weighted by Crippen LogP contribution is 2.21. The molecule has 1 N–H and O–H groups in total. The molecule has 8 heteroatoms. The normalized spacial score (nSPS) is 15.6. The summed E-state index contributed by atoms with van der Waals surface area (Å²) in [5.74, 6) is 0.334. The number of carbonyl (C=O) groups excluding carboxylic acids is 1. The van der Waals surface area contributed by atoms with Crippen molar-refractivity contribution in [1.82, 2.24) is 9.73 Å². The summed E-state index contributed by atoms with van der Waals surface area (Å²) < 4.78 is 32.3. The van der Waals surface area contributed by atoms with E-state index in [0.717, 1.165) is 36.3 Å². The zero-order valence-electron chi connectivity index (χ0n) is 17.3. The van der Waals surface area contributed by atoms with Crippen LogP contribution in [0, 0.1) is 0 Å². The molecule has 0 saturated carbocycles. The van der Waals surface area contributed by atoms with Crippen molar-refractivity contribution in [2.24, 2.45) is 5.10 Å². The topological polar surface area (TPSA) is 88.1 Å². The molecular formula is C22H27N3O4S. The predicted molar refractivity (Wildman–Crippen MR) is 116 cm³/mol. The Kier molecular flexibility index (Phi) is 7.23. The van der Waals surface area contributed by atoms with Gasteiger partial charge in [-0.05, 0) is 55.7 Å². The minimum atomic E-state index is -3.59. The molecule has 0 spiro atoms. The number of nitrogens with zero attached hydrogens (tertiary/aromatic N) is 2. The van der Waals surface area contributed by atoms with Crippen LogP contribution in [0.1, 0.15) is 42.1 Å². The third-order valence-corrected chi connectivity index (χ3v) is 6.91. The molecule has 30 heavy (non-hydrogen) atoms. The van der Waals surface area contributed by atoms with Gasteiger partial charge in [0.25, 0.3) is 5.91 Å². The molecule has 160 valence electrons. The van der Waals surface area contributed by atoms with Crippen LogP contribution >= 0.6 is 0 Å². The third-order valence-electron chi connectivity index (χ3n) is 5.02. The molecule has 0 atom stereocenters. The molecule has 0 bridgehead atoms. The number of nitrogens with one attached hydrogen (secondary N) is 1. The average Bonchev–Trinajstić information content (AvgIpc) is 2.78.